The molecular weight excluding hydrogens is 269 g/mol. The lowest BCUT2D eigenvalue weighted by Crippen LogP contribution is -2.04. The Morgan fingerprint density at radius 1 is 1.26 bits per heavy atom. The molecule has 0 atom stereocenters. The summed E-state index contributed by atoms with van der Waals surface area (Å²) < 4.78 is 13.5. The molecule has 19 heavy (non-hydrogen) atoms. The molecule has 3 nitrogen and oxygen atoms in total. The Bertz CT molecular complexity index is 616. The number of anilines is 1. The maximum absolute atomic E-state index is 13.5. The van der Waals surface area contributed by atoms with Gasteiger partial charge in [-0.2, -0.15) is 0 Å². The van der Waals surface area contributed by atoms with E-state index >= 15 is 0 Å². The zero-order valence-corrected chi connectivity index (χ0v) is 10.6. The van der Waals surface area contributed by atoms with Crippen LogP contribution in [0.2, 0.25) is 5.02 Å². The summed E-state index contributed by atoms with van der Waals surface area (Å²) in [5.74, 6) is -2.05. The SMILES string of the molecule is O=C(O)c1ccc(NCc2ccccc2Cl)cc1F. The lowest BCUT2D eigenvalue weighted by molar-refractivity contribution is 0.0692. The van der Waals surface area contributed by atoms with E-state index in [2.05, 4.69) is 5.32 Å². The van der Waals surface area contributed by atoms with Crippen LogP contribution >= 0.6 is 11.6 Å². The quantitative estimate of drug-likeness (QED) is 0.895. The first-order valence-electron chi connectivity index (χ1n) is 5.58. The smallest absolute Gasteiger partial charge is 0.338 e. The van der Waals surface area contributed by atoms with E-state index in [1.807, 2.05) is 18.2 Å². The Labute approximate surface area is 114 Å². The third kappa shape index (κ3) is 3.23. The van der Waals surface area contributed by atoms with E-state index in [4.69, 9.17) is 16.7 Å². The zero-order chi connectivity index (χ0) is 13.8. The van der Waals surface area contributed by atoms with Gasteiger partial charge in [-0.15, -0.1) is 0 Å². The van der Waals surface area contributed by atoms with Crippen molar-refractivity contribution in [3.8, 4) is 0 Å². The van der Waals surface area contributed by atoms with E-state index in [1.54, 1.807) is 6.07 Å². The van der Waals surface area contributed by atoms with Crippen molar-refractivity contribution in [3.05, 3.63) is 64.4 Å². The summed E-state index contributed by atoms with van der Waals surface area (Å²) in [6.45, 7) is 0.436. The minimum atomic E-state index is -1.28. The first-order valence-corrected chi connectivity index (χ1v) is 5.96. The monoisotopic (exact) mass is 279 g/mol. The second-order valence-corrected chi connectivity index (χ2v) is 4.35. The number of halogens is 2. The highest BCUT2D eigenvalue weighted by Crippen LogP contribution is 2.18. The molecule has 2 aromatic rings. The normalized spacial score (nSPS) is 10.2. The third-order valence-corrected chi connectivity index (χ3v) is 3.01. The van der Waals surface area contributed by atoms with E-state index in [0.717, 1.165) is 11.6 Å². The summed E-state index contributed by atoms with van der Waals surface area (Å²) in [6.07, 6.45) is 0. The van der Waals surface area contributed by atoms with Gasteiger partial charge < -0.3 is 10.4 Å². The summed E-state index contributed by atoms with van der Waals surface area (Å²) in [5, 5.41) is 12.3. The molecular formula is C14H11ClFNO2. The van der Waals surface area contributed by atoms with Crippen molar-refractivity contribution in [1.82, 2.24) is 0 Å². The molecule has 0 fully saturated rings. The van der Waals surface area contributed by atoms with Crippen molar-refractivity contribution in [3.63, 3.8) is 0 Å². The number of nitrogens with one attached hydrogen (secondary N) is 1. The van der Waals surface area contributed by atoms with Gasteiger partial charge in [0.15, 0.2) is 0 Å². The fraction of sp³-hybridized carbons (Fsp3) is 0.0714. The van der Waals surface area contributed by atoms with Crippen LogP contribution in [0.1, 0.15) is 15.9 Å². The molecule has 0 aliphatic rings. The minimum Gasteiger partial charge on any atom is -0.478 e. The van der Waals surface area contributed by atoms with Crippen LogP contribution in [-0.2, 0) is 6.54 Å². The molecule has 0 aliphatic heterocycles. The summed E-state index contributed by atoms with van der Waals surface area (Å²) in [5.41, 5.74) is 1.04. The number of benzene rings is 2. The fourth-order valence-corrected chi connectivity index (χ4v) is 1.84. The van der Waals surface area contributed by atoms with Gasteiger partial charge in [0.25, 0.3) is 0 Å². The van der Waals surface area contributed by atoms with Crippen LogP contribution in [-0.4, -0.2) is 11.1 Å². The first-order chi connectivity index (χ1) is 9.08. The number of carbonyl (C=O) groups is 1. The number of rotatable bonds is 4. The summed E-state index contributed by atoms with van der Waals surface area (Å²) >= 11 is 6.00. The minimum absolute atomic E-state index is 0.344. The molecule has 0 amide bonds. The van der Waals surface area contributed by atoms with E-state index in [-0.39, 0.29) is 5.56 Å². The van der Waals surface area contributed by atoms with Crippen molar-refractivity contribution < 1.29 is 14.3 Å². The molecule has 2 rings (SSSR count). The molecule has 0 heterocycles. The van der Waals surface area contributed by atoms with Gasteiger partial charge in [-0.25, -0.2) is 9.18 Å². The highest BCUT2D eigenvalue weighted by atomic mass is 35.5. The molecule has 0 spiro atoms. The predicted molar refractivity (Wildman–Crippen MR) is 72.1 cm³/mol. The summed E-state index contributed by atoms with van der Waals surface area (Å²) in [4.78, 5) is 10.7. The lowest BCUT2D eigenvalue weighted by Gasteiger charge is -2.08. The molecule has 98 valence electrons. The van der Waals surface area contributed by atoms with Crippen molar-refractivity contribution >= 4 is 23.3 Å². The molecule has 2 aromatic carbocycles. The summed E-state index contributed by atoms with van der Waals surface area (Å²) in [6, 6.07) is 11.2. The largest absolute Gasteiger partial charge is 0.478 e. The predicted octanol–water partition coefficient (Wildman–Crippen LogP) is 3.79. The van der Waals surface area contributed by atoms with Crippen molar-refractivity contribution in [1.29, 1.82) is 0 Å². The Kier molecular flexibility index (Phi) is 4.02. The molecule has 0 saturated heterocycles. The molecule has 0 aromatic heterocycles. The Morgan fingerprint density at radius 2 is 2.00 bits per heavy atom. The van der Waals surface area contributed by atoms with Crippen molar-refractivity contribution in [2.45, 2.75) is 6.54 Å². The van der Waals surface area contributed by atoms with Gasteiger partial charge in [0.05, 0.1) is 5.56 Å². The van der Waals surface area contributed by atoms with Crippen LogP contribution < -0.4 is 5.32 Å². The van der Waals surface area contributed by atoms with E-state index in [9.17, 15) is 9.18 Å². The third-order valence-electron chi connectivity index (χ3n) is 2.64. The van der Waals surface area contributed by atoms with Gasteiger partial charge >= 0.3 is 5.97 Å². The summed E-state index contributed by atoms with van der Waals surface area (Å²) in [7, 11) is 0. The second kappa shape index (κ2) is 5.71. The highest BCUT2D eigenvalue weighted by Gasteiger charge is 2.10. The van der Waals surface area contributed by atoms with Crippen LogP contribution in [0.25, 0.3) is 0 Å². The van der Waals surface area contributed by atoms with Crippen LogP contribution in [0.5, 0.6) is 0 Å². The topological polar surface area (TPSA) is 49.3 Å². The van der Waals surface area contributed by atoms with Crippen molar-refractivity contribution in [2.75, 3.05) is 5.32 Å². The molecule has 0 saturated carbocycles. The van der Waals surface area contributed by atoms with Gasteiger partial charge in [-0.1, -0.05) is 29.8 Å². The number of hydrogen-bond acceptors (Lipinski definition) is 2. The molecule has 5 heteroatoms. The molecule has 0 radical (unpaired) electrons. The van der Waals surface area contributed by atoms with E-state index in [0.29, 0.717) is 17.3 Å². The Balaban J connectivity index is 2.11. The first kappa shape index (κ1) is 13.4. The van der Waals surface area contributed by atoms with Gasteiger partial charge in [0.1, 0.15) is 5.82 Å². The van der Waals surface area contributed by atoms with Crippen LogP contribution in [0.3, 0.4) is 0 Å². The average molecular weight is 280 g/mol. The zero-order valence-electron chi connectivity index (χ0n) is 9.86. The van der Waals surface area contributed by atoms with Crippen LogP contribution in [0, 0.1) is 5.82 Å². The van der Waals surface area contributed by atoms with Gasteiger partial charge in [-0.3, -0.25) is 0 Å². The average Bonchev–Trinajstić information content (AvgIpc) is 2.37. The van der Waals surface area contributed by atoms with E-state index in [1.165, 1.54) is 12.1 Å². The number of hydrogen-bond donors (Lipinski definition) is 2. The van der Waals surface area contributed by atoms with E-state index < -0.39 is 11.8 Å². The van der Waals surface area contributed by atoms with Gasteiger partial charge in [0, 0.05) is 17.3 Å². The molecule has 2 N–H and O–H groups in total. The maximum atomic E-state index is 13.5. The number of carboxylic acid groups (broad SMARTS) is 1. The lowest BCUT2D eigenvalue weighted by atomic mass is 10.2. The molecule has 0 bridgehead atoms. The highest BCUT2D eigenvalue weighted by molar-refractivity contribution is 6.31. The van der Waals surface area contributed by atoms with Crippen LogP contribution in [0.15, 0.2) is 42.5 Å². The van der Waals surface area contributed by atoms with Crippen LogP contribution in [0.4, 0.5) is 10.1 Å². The maximum Gasteiger partial charge on any atom is 0.338 e. The van der Waals surface area contributed by atoms with Crippen molar-refractivity contribution in [2.24, 2.45) is 0 Å². The number of carboxylic acids is 1. The Hall–Kier alpha value is -2.07. The molecule has 0 aliphatic carbocycles. The number of aromatic carboxylic acids is 1. The van der Waals surface area contributed by atoms with Gasteiger partial charge in [0.2, 0.25) is 0 Å². The van der Waals surface area contributed by atoms with Gasteiger partial charge in [-0.05, 0) is 29.8 Å². The Morgan fingerprint density at radius 3 is 2.63 bits per heavy atom. The molecule has 0 unspecified atom stereocenters. The fourth-order valence-electron chi connectivity index (χ4n) is 1.64. The second-order valence-electron chi connectivity index (χ2n) is 3.94. The standard InChI is InChI=1S/C14H11ClFNO2/c15-12-4-2-1-3-9(12)8-17-10-5-6-11(14(18)19)13(16)7-10/h1-7,17H,8H2,(H,18,19).